The number of thiazole rings is 1. The van der Waals surface area contributed by atoms with Crippen LogP contribution in [0.15, 0.2) is 53.5 Å². The van der Waals surface area contributed by atoms with Gasteiger partial charge in [0.2, 0.25) is 0 Å². The van der Waals surface area contributed by atoms with Crippen LogP contribution in [-0.2, 0) is 6.42 Å². The number of anilines is 1. The fourth-order valence-electron chi connectivity index (χ4n) is 3.53. The highest BCUT2D eigenvalue weighted by Gasteiger charge is 2.16. The van der Waals surface area contributed by atoms with Gasteiger partial charge in [-0.3, -0.25) is 0 Å². The molecule has 0 saturated heterocycles. The van der Waals surface area contributed by atoms with Crippen molar-refractivity contribution in [1.82, 2.24) is 4.98 Å². The van der Waals surface area contributed by atoms with E-state index in [2.05, 4.69) is 59.7 Å². The molecule has 1 aliphatic rings. The molecule has 1 heterocycles. The molecule has 0 atom stereocenters. The van der Waals surface area contributed by atoms with Gasteiger partial charge in [0.15, 0.2) is 5.13 Å². The Bertz CT molecular complexity index is 894. The van der Waals surface area contributed by atoms with Crippen molar-refractivity contribution in [3.05, 3.63) is 54.1 Å². The van der Waals surface area contributed by atoms with Gasteiger partial charge >= 0.3 is 0 Å². The molecule has 0 radical (unpaired) electrons. The quantitative estimate of drug-likeness (QED) is 0.325. The summed E-state index contributed by atoms with van der Waals surface area (Å²) in [5, 5.41) is 6.42. The Morgan fingerprint density at radius 2 is 1.83 bits per heavy atom. The van der Waals surface area contributed by atoms with E-state index in [-0.39, 0.29) is 0 Å². The van der Waals surface area contributed by atoms with Gasteiger partial charge in [0.1, 0.15) is 0 Å². The Morgan fingerprint density at radius 3 is 2.62 bits per heavy atom. The summed E-state index contributed by atoms with van der Waals surface area (Å²) in [6, 6.07) is 16.8. The predicted molar refractivity (Wildman–Crippen MR) is 132 cm³/mol. The van der Waals surface area contributed by atoms with Crippen molar-refractivity contribution >= 4 is 49.2 Å². The Kier molecular flexibility index (Phi) is 8.56. The van der Waals surface area contributed by atoms with Crippen LogP contribution in [0.2, 0.25) is 0 Å². The minimum atomic E-state index is 0.765. The molecule has 0 spiro atoms. The van der Waals surface area contributed by atoms with E-state index in [1.165, 1.54) is 41.0 Å². The zero-order valence-corrected chi connectivity index (χ0v) is 19.3. The van der Waals surface area contributed by atoms with Crippen molar-refractivity contribution in [3.63, 3.8) is 0 Å². The molecule has 29 heavy (non-hydrogen) atoms. The van der Waals surface area contributed by atoms with Gasteiger partial charge in [-0.05, 0) is 49.9 Å². The van der Waals surface area contributed by atoms with Crippen molar-refractivity contribution in [1.29, 1.82) is 0 Å². The first-order chi connectivity index (χ1) is 14.3. The van der Waals surface area contributed by atoms with E-state index in [0.717, 1.165) is 34.6 Å². The monoisotopic (exact) mass is 425 g/mol. The highest BCUT2D eigenvalue weighted by molar-refractivity contribution is 8.14. The smallest absolute Gasteiger partial charge is 0.183 e. The molecule has 1 aromatic heterocycles. The summed E-state index contributed by atoms with van der Waals surface area (Å²) < 4.78 is 1.23. The summed E-state index contributed by atoms with van der Waals surface area (Å²) in [6.45, 7) is 7.01. The van der Waals surface area contributed by atoms with Gasteiger partial charge in [0, 0.05) is 11.8 Å². The number of fused-ring (bicyclic) bond motifs is 1. The molecule has 5 heteroatoms. The Balaban J connectivity index is 0.00000117. The maximum Gasteiger partial charge on any atom is 0.183 e. The Morgan fingerprint density at radius 1 is 1.10 bits per heavy atom. The van der Waals surface area contributed by atoms with Gasteiger partial charge in [-0.1, -0.05) is 68.4 Å². The average molecular weight is 426 g/mol. The molecule has 0 unspecified atom stereocenters. The van der Waals surface area contributed by atoms with Gasteiger partial charge in [-0.2, -0.15) is 0 Å². The van der Waals surface area contributed by atoms with Crippen LogP contribution in [0.3, 0.4) is 0 Å². The van der Waals surface area contributed by atoms with Crippen molar-refractivity contribution in [2.75, 3.05) is 11.9 Å². The highest BCUT2D eigenvalue weighted by atomic mass is 32.2. The third-order valence-electron chi connectivity index (χ3n) is 4.87. The Labute approximate surface area is 183 Å². The number of nitrogens with zero attached hydrogens (tertiary/aromatic N) is 2. The third kappa shape index (κ3) is 6.31. The normalized spacial score (nSPS) is 14.7. The molecule has 0 bridgehead atoms. The van der Waals surface area contributed by atoms with Crippen LogP contribution in [0.1, 0.15) is 52.0 Å². The minimum Gasteiger partial charge on any atom is -0.361 e. The lowest BCUT2D eigenvalue weighted by molar-refractivity contribution is 0.886. The summed E-state index contributed by atoms with van der Waals surface area (Å²) in [5.74, 6) is 0. The summed E-state index contributed by atoms with van der Waals surface area (Å²) >= 11 is 3.67. The topological polar surface area (TPSA) is 37.3 Å². The SMILES string of the molecule is CC.CC(=Nc1ccccc1CCNc1nc2ccccc2s1)SC1CCCC1. The van der Waals surface area contributed by atoms with E-state index in [0.29, 0.717) is 0 Å². The summed E-state index contributed by atoms with van der Waals surface area (Å²) in [4.78, 5) is 9.57. The molecule has 2 aromatic carbocycles. The van der Waals surface area contributed by atoms with Crippen LogP contribution in [0.25, 0.3) is 10.2 Å². The number of thioether (sulfide) groups is 1. The summed E-state index contributed by atoms with van der Waals surface area (Å²) in [5.41, 5.74) is 3.46. The van der Waals surface area contributed by atoms with Crippen molar-refractivity contribution in [2.24, 2.45) is 4.99 Å². The summed E-state index contributed by atoms with van der Waals surface area (Å²) in [6.07, 6.45) is 6.37. The molecule has 3 aromatic rings. The van der Waals surface area contributed by atoms with Crippen LogP contribution in [0.4, 0.5) is 10.8 Å². The second-order valence-electron chi connectivity index (χ2n) is 6.95. The van der Waals surface area contributed by atoms with E-state index < -0.39 is 0 Å². The van der Waals surface area contributed by atoms with Gasteiger partial charge in [0.05, 0.1) is 20.9 Å². The lowest BCUT2D eigenvalue weighted by Crippen LogP contribution is -2.05. The molecular weight excluding hydrogens is 394 g/mol. The molecule has 0 amide bonds. The van der Waals surface area contributed by atoms with Crippen LogP contribution in [-0.4, -0.2) is 21.8 Å². The summed E-state index contributed by atoms with van der Waals surface area (Å²) in [7, 11) is 0. The molecule has 0 aliphatic heterocycles. The zero-order valence-electron chi connectivity index (χ0n) is 17.6. The fourth-order valence-corrected chi connectivity index (χ4v) is 5.62. The number of hydrogen-bond donors (Lipinski definition) is 1. The van der Waals surface area contributed by atoms with Crippen LogP contribution in [0.5, 0.6) is 0 Å². The largest absolute Gasteiger partial charge is 0.361 e. The predicted octanol–water partition coefficient (Wildman–Crippen LogP) is 7.70. The van der Waals surface area contributed by atoms with Crippen molar-refractivity contribution in [3.8, 4) is 0 Å². The lowest BCUT2D eigenvalue weighted by atomic mass is 10.1. The molecule has 1 N–H and O–H groups in total. The van der Waals surface area contributed by atoms with E-state index in [9.17, 15) is 0 Å². The van der Waals surface area contributed by atoms with Gasteiger partial charge in [-0.25, -0.2) is 9.98 Å². The number of hydrogen-bond acceptors (Lipinski definition) is 5. The van der Waals surface area contributed by atoms with E-state index in [1.807, 2.05) is 31.7 Å². The number of rotatable bonds is 6. The maximum absolute atomic E-state index is 4.92. The second kappa shape index (κ2) is 11.4. The highest BCUT2D eigenvalue weighted by Crippen LogP contribution is 2.32. The minimum absolute atomic E-state index is 0.765. The fraction of sp³-hybridized carbons (Fsp3) is 0.417. The first-order valence-electron chi connectivity index (χ1n) is 10.7. The zero-order chi connectivity index (χ0) is 20.5. The number of benzene rings is 2. The molecular formula is C24H31N3S2. The Hall–Kier alpha value is -1.85. The molecule has 1 saturated carbocycles. The average Bonchev–Trinajstić information content (AvgIpc) is 3.40. The number of para-hydroxylation sites is 2. The van der Waals surface area contributed by atoms with Gasteiger partial charge < -0.3 is 5.32 Å². The molecule has 154 valence electrons. The molecule has 3 nitrogen and oxygen atoms in total. The second-order valence-corrected chi connectivity index (χ2v) is 9.47. The molecule has 1 aliphatic carbocycles. The first-order valence-corrected chi connectivity index (χ1v) is 12.4. The number of nitrogens with one attached hydrogen (secondary N) is 1. The lowest BCUT2D eigenvalue weighted by Gasteiger charge is -2.10. The standard InChI is InChI=1S/C22H25N3S2.C2H6/c1-16(26-18-9-3-4-10-18)24-19-11-5-2-8-17(19)14-15-23-22-25-20-12-6-7-13-21(20)27-22;1-2/h2,5-8,11-13,18H,3-4,9-10,14-15H2,1H3,(H,23,25);1-2H3. The molecule has 4 rings (SSSR count). The third-order valence-corrected chi connectivity index (χ3v) is 7.10. The van der Waals surface area contributed by atoms with E-state index >= 15 is 0 Å². The van der Waals surface area contributed by atoms with Crippen molar-refractivity contribution in [2.45, 2.75) is 58.1 Å². The van der Waals surface area contributed by atoms with E-state index in [4.69, 9.17) is 4.99 Å². The first kappa shape index (κ1) is 21.8. The van der Waals surface area contributed by atoms with Gasteiger partial charge in [-0.15, -0.1) is 11.8 Å². The van der Waals surface area contributed by atoms with Crippen LogP contribution >= 0.6 is 23.1 Å². The van der Waals surface area contributed by atoms with Gasteiger partial charge in [0.25, 0.3) is 0 Å². The van der Waals surface area contributed by atoms with Crippen LogP contribution in [0, 0.1) is 0 Å². The number of aliphatic imine (C=N–C) groups is 1. The number of aromatic nitrogens is 1. The van der Waals surface area contributed by atoms with Crippen LogP contribution < -0.4 is 5.32 Å². The van der Waals surface area contributed by atoms with Crippen molar-refractivity contribution < 1.29 is 0 Å². The van der Waals surface area contributed by atoms with E-state index in [1.54, 1.807) is 11.3 Å². The molecule has 1 fully saturated rings. The maximum atomic E-state index is 4.92.